The number of hydrogen-bond donors (Lipinski definition) is 3. The summed E-state index contributed by atoms with van der Waals surface area (Å²) in [4.78, 5) is 6.61. The molecule has 0 aromatic rings. The van der Waals surface area contributed by atoms with Gasteiger partial charge in [-0.15, -0.1) is 0 Å². The van der Waals surface area contributed by atoms with E-state index in [1.165, 1.54) is 11.8 Å². The summed E-state index contributed by atoms with van der Waals surface area (Å²) in [5.74, 6) is 0. The Kier molecular flexibility index (Phi) is 3.30. The number of ether oxygens (including phenoxy) is 1. The van der Waals surface area contributed by atoms with Crippen LogP contribution in [0.3, 0.4) is 0 Å². The van der Waals surface area contributed by atoms with E-state index in [1.54, 1.807) is 13.8 Å². The number of rotatable bonds is 1. The molecule has 5 atom stereocenters. The highest BCUT2D eigenvalue weighted by molar-refractivity contribution is 8.14. The Labute approximate surface area is 116 Å². The molecule has 19 heavy (non-hydrogen) atoms. The third kappa shape index (κ3) is 2.27. The maximum Gasteiger partial charge on any atom is 0.162 e. The number of fused-ring (bicyclic) bond motifs is 1. The highest BCUT2D eigenvalue weighted by atomic mass is 32.2. The molecule has 0 aromatic heterocycles. The maximum absolute atomic E-state index is 10.2. The van der Waals surface area contributed by atoms with Gasteiger partial charge in [0.2, 0.25) is 0 Å². The van der Waals surface area contributed by atoms with Gasteiger partial charge in [0.1, 0.15) is 29.8 Å². The Bertz CT molecular complexity index is 394. The van der Waals surface area contributed by atoms with E-state index in [4.69, 9.17) is 4.74 Å². The minimum Gasteiger partial charge on any atom is -0.388 e. The minimum atomic E-state index is -1.20. The van der Waals surface area contributed by atoms with Crippen molar-refractivity contribution in [1.82, 2.24) is 4.90 Å². The average molecular weight is 288 g/mol. The predicted molar refractivity (Wildman–Crippen MR) is 72.0 cm³/mol. The van der Waals surface area contributed by atoms with Crippen LogP contribution in [0.15, 0.2) is 4.99 Å². The van der Waals surface area contributed by atoms with Crippen LogP contribution in [0.4, 0.5) is 0 Å². The van der Waals surface area contributed by atoms with Crippen LogP contribution in [0.2, 0.25) is 0 Å². The first-order chi connectivity index (χ1) is 8.88. The molecule has 3 heterocycles. The van der Waals surface area contributed by atoms with Crippen LogP contribution in [0.1, 0.15) is 20.3 Å². The van der Waals surface area contributed by atoms with Crippen LogP contribution in [0.25, 0.3) is 0 Å². The average Bonchev–Trinajstić information content (AvgIpc) is 2.63. The summed E-state index contributed by atoms with van der Waals surface area (Å²) in [5, 5.41) is 31.2. The largest absolute Gasteiger partial charge is 0.388 e. The molecule has 5 unspecified atom stereocenters. The lowest BCUT2D eigenvalue weighted by Gasteiger charge is -2.43. The Balaban J connectivity index is 1.77. The van der Waals surface area contributed by atoms with Crippen LogP contribution in [0.5, 0.6) is 0 Å². The molecule has 0 amide bonds. The van der Waals surface area contributed by atoms with Crippen molar-refractivity contribution in [3.05, 3.63) is 0 Å². The Hall–Kier alpha value is -0.340. The molecule has 6 nitrogen and oxygen atoms in total. The van der Waals surface area contributed by atoms with Crippen molar-refractivity contribution in [3.63, 3.8) is 0 Å². The Morgan fingerprint density at radius 1 is 1.32 bits per heavy atom. The number of nitrogens with zero attached hydrogens (tertiary/aromatic N) is 2. The minimum absolute atomic E-state index is 0.328. The van der Waals surface area contributed by atoms with E-state index >= 15 is 0 Å². The molecule has 3 aliphatic rings. The summed E-state index contributed by atoms with van der Waals surface area (Å²) in [6.45, 7) is 5.12. The Morgan fingerprint density at radius 3 is 2.53 bits per heavy atom. The fourth-order valence-electron chi connectivity index (χ4n) is 2.59. The third-order valence-corrected chi connectivity index (χ3v) is 5.07. The molecule has 0 bridgehead atoms. The second kappa shape index (κ2) is 4.60. The zero-order valence-electron chi connectivity index (χ0n) is 11.1. The highest BCUT2D eigenvalue weighted by Crippen LogP contribution is 2.40. The zero-order chi connectivity index (χ0) is 13.8. The molecular weight excluding hydrogens is 268 g/mol. The molecule has 3 rings (SSSR count). The van der Waals surface area contributed by atoms with Crippen molar-refractivity contribution in [2.24, 2.45) is 4.99 Å². The van der Waals surface area contributed by atoms with E-state index in [1.807, 2.05) is 0 Å². The quantitative estimate of drug-likeness (QED) is 0.596. The third-order valence-electron chi connectivity index (χ3n) is 3.87. The van der Waals surface area contributed by atoms with Gasteiger partial charge < -0.3 is 25.0 Å². The van der Waals surface area contributed by atoms with Gasteiger partial charge in [-0.1, -0.05) is 11.8 Å². The molecule has 2 fully saturated rings. The second-order valence-corrected chi connectivity index (χ2v) is 6.99. The molecular formula is C12H20N2O4S. The van der Waals surface area contributed by atoms with Crippen LogP contribution >= 0.6 is 11.8 Å². The van der Waals surface area contributed by atoms with E-state index in [0.29, 0.717) is 0 Å². The van der Waals surface area contributed by atoms with E-state index in [9.17, 15) is 15.3 Å². The molecule has 0 spiro atoms. The molecule has 0 aliphatic carbocycles. The first-order valence-corrected chi connectivity index (χ1v) is 7.49. The number of aliphatic hydroxyl groups excluding tert-OH is 2. The maximum atomic E-state index is 10.2. The fourth-order valence-corrected chi connectivity index (χ4v) is 3.85. The van der Waals surface area contributed by atoms with Crippen LogP contribution in [0, 0.1) is 0 Å². The van der Waals surface area contributed by atoms with E-state index in [0.717, 1.165) is 24.7 Å². The number of hydrogen-bond acceptors (Lipinski definition) is 7. The molecule has 108 valence electrons. The fraction of sp³-hybridized carbons (Fsp3) is 0.917. The SMILES string of the molecule is CC(C)(O)C1OC2SC(N3CCC3)=NC2C(O)C1O. The van der Waals surface area contributed by atoms with Gasteiger partial charge in [0.25, 0.3) is 0 Å². The predicted octanol–water partition coefficient (Wildman–Crippen LogP) is -0.619. The second-order valence-electron chi connectivity index (χ2n) is 5.92. The van der Waals surface area contributed by atoms with Crippen molar-refractivity contribution in [2.45, 2.75) is 55.7 Å². The van der Waals surface area contributed by atoms with Crippen molar-refractivity contribution in [3.8, 4) is 0 Å². The normalized spacial score (nSPS) is 42.7. The monoisotopic (exact) mass is 288 g/mol. The number of thioether (sulfide) groups is 1. The van der Waals surface area contributed by atoms with E-state index in [2.05, 4.69) is 9.89 Å². The van der Waals surface area contributed by atoms with Gasteiger partial charge in [-0.25, -0.2) is 0 Å². The molecule has 2 saturated heterocycles. The number of likely N-dealkylation sites (tertiary alicyclic amines) is 1. The van der Waals surface area contributed by atoms with Crippen LogP contribution in [-0.2, 0) is 4.74 Å². The van der Waals surface area contributed by atoms with Crippen molar-refractivity contribution in [1.29, 1.82) is 0 Å². The van der Waals surface area contributed by atoms with Gasteiger partial charge in [-0.05, 0) is 20.3 Å². The first kappa shape index (κ1) is 13.6. The van der Waals surface area contributed by atoms with Gasteiger partial charge in [-0.3, -0.25) is 4.99 Å². The van der Waals surface area contributed by atoms with E-state index < -0.39 is 30.0 Å². The first-order valence-electron chi connectivity index (χ1n) is 6.61. The molecule has 0 radical (unpaired) electrons. The van der Waals surface area contributed by atoms with Crippen molar-refractivity contribution >= 4 is 16.9 Å². The zero-order valence-corrected chi connectivity index (χ0v) is 11.9. The van der Waals surface area contributed by atoms with Gasteiger partial charge in [0.05, 0.1) is 5.60 Å². The molecule has 0 saturated carbocycles. The highest BCUT2D eigenvalue weighted by Gasteiger charge is 2.52. The Morgan fingerprint density at radius 2 is 2.00 bits per heavy atom. The molecule has 3 N–H and O–H groups in total. The lowest BCUT2D eigenvalue weighted by molar-refractivity contribution is -0.208. The van der Waals surface area contributed by atoms with Gasteiger partial charge in [-0.2, -0.15) is 0 Å². The summed E-state index contributed by atoms with van der Waals surface area (Å²) < 4.78 is 5.77. The van der Waals surface area contributed by atoms with Crippen LogP contribution < -0.4 is 0 Å². The number of aliphatic imine (C=N–C) groups is 1. The summed E-state index contributed by atoms with van der Waals surface area (Å²) >= 11 is 1.48. The standard InChI is InChI=1S/C12H20N2O4S/c1-12(2,17)9-8(16)7(15)6-10(18-9)19-11(13-6)14-4-3-5-14/h6-10,15-17H,3-5H2,1-2H3. The summed E-state index contributed by atoms with van der Waals surface area (Å²) in [5.41, 5.74) is -1.53. The van der Waals surface area contributed by atoms with E-state index in [-0.39, 0.29) is 5.44 Å². The van der Waals surface area contributed by atoms with Gasteiger partial charge >= 0.3 is 0 Å². The molecule has 0 aromatic carbocycles. The summed E-state index contributed by atoms with van der Waals surface area (Å²) in [6, 6.07) is -0.450. The lowest BCUT2D eigenvalue weighted by Crippen LogP contribution is -2.61. The number of amidine groups is 1. The summed E-state index contributed by atoms with van der Waals surface area (Å²) in [6.07, 6.45) is -1.77. The molecule has 3 aliphatic heterocycles. The topological polar surface area (TPSA) is 85.5 Å². The van der Waals surface area contributed by atoms with Gasteiger partial charge in [0.15, 0.2) is 5.17 Å². The molecule has 7 heteroatoms. The smallest absolute Gasteiger partial charge is 0.162 e. The lowest BCUT2D eigenvalue weighted by atomic mass is 9.88. The number of aliphatic hydroxyl groups is 3. The van der Waals surface area contributed by atoms with Gasteiger partial charge in [0, 0.05) is 13.1 Å². The van der Waals surface area contributed by atoms with Crippen LogP contribution in [-0.4, -0.2) is 73.9 Å². The van der Waals surface area contributed by atoms with Crippen molar-refractivity contribution < 1.29 is 20.1 Å². The van der Waals surface area contributed by atoms with Crippen molar-refractivity contribution in [2.75, 3.05) is 13.1 Å². The summed E-state index contributed by atoms with van der Waals surface area (Å²) in [7, 11) is 0.